The summed E-state index contributed by atoms with van der Waals surface area (Å²) in [5.74, 6) is 0. The summed E-state index contributed by atoms with van der Waals surface area (Å²) in [4.78, 5) is 4.79. The number of hydrogen-bond donors (Lipinski definition) is 0. The molecule has 0 fully saturated rings. The summed E-state index contributed by atoms with van der Waals surface area (Å²) >= 11 is 0. The monoisotopic (exact) mass is 353 g/mol. The second-order valence-electron chi connectivity index (χ2n) is 6.97. The minimum absolute atomic E-state index is 0.0171. The number of benzene rings is 3. The molecule has 0 aromatic heterocycles. The Bertz CT molecular complexity index is 1020. The van der Waals surface area contributed by atoms with Gasteiger partial charge in [0.15, 0.2) is 0 Å². The lowest BCUT2D eigenvalue weighted by molar-refractivity contribution is -0.133. The van der Waals surface area contributed by atoms with Gasteiger partial charge in [0.2, 0.25) is 0 Å². The molecule has 0 radical (unpaired) electrons. The Labute approximate surface area is 150 Å². The number of rotatable bonds is 3. The van der Waals surface area contributed by atoms with Crippen molar-refractivity contribution in [3.8, 4) is 0 Å². The molecule has 1 nitrogen and oxygen atoms in total. The molecule has 1 aliphatic rings. The predicted octanol–water partition coefficient (Wildman–Crippen LogP) is 6.43. The second kappa shape index (κ2) is 5.97. The average molecular weight is 353 g/mol. The number of aryl methyl sites for hydroxylation is 3. The largest absolute Gasteiger partial charge is 0.389 e. The van der Waals surface area contributed by atoms with E-state index < -0.39 is 12.6 Å². The maximum atomic E-state index is 12.7. The molecule has 0 unspecified atom stereocenters. The van der Waals surface area contributed by atoms with Gasteiger partial charge in [0.25, 0.3) is 0 Å². The predicted molar refractivity (Wildman–Crippen MR) is 99.5 cm³/mol. The molecule has 0 amide bonds. The Kier molecular flexibility index (Phi) is 3.87. The highest BCUT2D eigenvalue weighted by Gasteiger charge is 2.27. The van der Waals surface area contributed by atoms with E-state index >= 15 is 0 Å². The minimum Gasteiger partial charge on any atom is -0.247 e. The van der Waals surface area contributed by atoms with Gasteiger partial charge in [-0.15, -0.1) is 0 Å². The van der Waals surface area contributed by atoms with Crippen LogP contribution in [0.4, 0.5) is 18.9 Å². The summed E-state index contributed by atoms with van der Waals surface area (Å²) in [7, 11) is 0. The molecule has 132 valence electrons. The first-order valence-electron chi connectivity index (χ1n) is 8.60. The highest BCUT2D eigenvalue weighted by molar-refractivity contribution is 6.26. The van der Waals surface area contributed by atoms with Crippen molar-refractivity contribution in [3.05, 3.63) is 76.3 Å². The molecule has 1 aliphatic heterocycles. The van der Waals surface area contributed by atoms with E-state index in [1.54, 1.807) is 0 Å². The van der Waals surface area contributed by atoms with E-state index in [0.717, 1.165) is 44.4 Å². The summed E-state index contributed by atoms with van der Waals surface area (Å²) in [5.41, 5.74) is 6.64. The smallest absolute Gasteiger partial charge is 0.247 e. The van der Waals surface area contributed by atoms with Crippen LogP contribution in [-0.2, 0) is 6.42 Å². The van der Waals surface area contributed by atoms with Crippen molar-refractivity contribution in [2.24, 2.45) is 4.99 Å². The molecule has 0 spiro atoms. The van der Waals surface area contributed by atoms with Gasteiger partial charge in [-0.3, -0.25) is 0 Å². The molecule has 3 aromatic carbocycles. The molecular formula is C22H18F3N. The standard InChI is InChI=1S/C22H18F3N/c1-13-8-14(2)10-17(9-13)21-18-12-15(6-7-22(23,24)25)11-16-4-3-5-19(26-21)20(16)18/h3-5,8-12H,6-7H2,1-2H3. The van der Waals surface area contributed by atoms with Gasteiger partial charge in [0.05, 0.1) is 11.4 Å². The zero-order valence-electron chi connectivity index (χ0n) is 14.6. The van der Waals surface area contributed by atoms with E-state index in [-0.39, 0.29) is 6.42 Å². The highest BCUT2D eigenvalue weighted by Crippen LogP contribution is 2.38. The first kappa shape index (κ1) is 16.8. The fourth-order valence-electron chi connectivity index (χ4n) is 3.69. The van der Waals surface area contributed by atoms with E-state index in [1.165, 1.54) is 0 Å². The summed E-state index contributed by atoms with van der Waals surface area (Å²) in [6.07, 6.45) is -4.98. The third-order valence-corrected chi connectivity index (χ3v) is 4.69. The molecule has 0 atom stereocenters. The SMILES string of the molecule is Cc1cc(C)cc(C2=Nc3cccc4cc(CCC(F)(F)F)cc2c34)c1. The van der Waals surface area contributed by atoms with Gasteiger partial charge in [-0.25, -0.2) is 4.99 Å². The van der Waals surface area contributed by atoms with Crippen LogP contribution in [0.15, 0.2) is 53.5 Å². The maximum Gasteiger partial charge on any atom is 0.389 e. The van der Waals surface area contributed by atoms with Crippen LogP contribution in [0.25, 0.3) is 10.8 Å². The van der Waals surface area contributed by atoms with Gasteiger partial charge < -0.3 is 0 Å². The number of alkyl halides is 3. The van der Waals surface area contributed by atoms with Crippen LogP contribution in [0.5, 0.6) is 0 Å². The number of aliphatic imine (C=N–C) groups is 1. The Hall–Kier alpha value is -2.62. The van der Waals surface area contributed by atoms with Crippen LogP contribution in [0.3, 0.4) is 0 Å². The molecule has 0 saturated heterocycles. The van der Waals surface area contributed by atoms with E-state index in [0.29, 0.717) is 5.56 Å². The van der Waals surface area contributed by atoms with Gasteiger partial charge >= 0.3 is 6.18 Å². The Morgan fingerprint density at radius 1 is 0.923 bits per heavy atom. The van der Waals surface area contributed by atoms with Crippen molar-refractivity contribution in [3.63, 3.8) is 0 Å². The van der Waals surface area contributed by atoms with Crippen molar-refractivity contribution < 1.29 is 13.2 Å². The average Bonchev–Trinajstić information content (AvgIpc) is 2.92. The summed E-state index contributed by atoms with van der Waals surface area (Å²) in [6.45, 7) is 4.07. The number of halogens is 3. The number of hydrogen-bond acceptors (Lipinski definition) is 1. The lowest BCUT2D eigenvalue weighted by Crippen LogP contribution is -2.09. The fraction of sp³-hybridized carbons (Fsp3) is 0.227. The maximum absolute atomic E-state index is 12.7. The zero-order valence-corrected chi connectivity index (χ0v) is 14.6. The van der Waals surface area contributed by atoms with Gasteiger partial charge in [-0.05, 0) is 55.5 Å². The molecule has 1 heterocycles. The van der Waals surface area contributed by atoms with E-state index in [1.807, 2.05) is 44.2 Å². The van der Waals surface area contributed by atoms with Gasteiger partial charge in [-0.2, -0.15) is 13.2 Å². The third-order valence-electron chi connectivity index (χ3n) is 4.69. The molecule has 0 bridgehead atoms. The van der Waals surface area contributed by atoms with E-state index in [2.05, 4.69) is 18.2 Å². The van der Waals surface area contributed by atoms with Crippen LogP contribution in [-0.4, -0.2) is 11.9 Å². The normalized spacial score (nSPS) is 13.3. The van der Waals surface area contributed by atoms with Crippen LogP contribution in [0, 0.1) is 13.8 Å². The lowest BCUT2D eigenvalue weighted by atomic mass is 9.93. The second-order valence-corrected chi connectivity index (χ2v) is 6.97. The Balaban J connectivity index is 1.84. The van der Waals surface area contributed by atoms with Crippen LogP contribution < -0.4 is 0 Å². The fourth-order valence-corrected chi connectivity index (χ4v) is 3.69. The van der Waals surface area contributed by atoms with Crippen molar-refractivity contribution >= 4 is 22.2 Å². The van der Waals surface area contributed by atoms with Crippen molar-refractivity contribution in [2.45, 2.75) is 32.9 Å². The van der Waals surface area contributed by atoms with Crippen molar-refractivity contribution in [1.29, 1.82) is 0 Å². The molecule has 4 heteroatoms. The van der Waals surface area contributed by atoms with Gasteiger partial charge in [0.1, 0.15) is 0 Å². The van der Waals surface area contributed by atoms with Crippen LogP contribution in [0.1, 0.15) is 34.2 Å². The lowest BCUT2D eigenvalue weighted by Gasteiger charge is -2.11. The van der Waals surface area contributed by atoms with Crippen molar-refractivity contribution in [1.82, 2.24) is 0 Å². The molecule has 0 saturated carbocycles. The van der Waals surface area contributed by atoms with E-state index in [4.69, 9.17) is 4.99 Å². The topological polar surface area (TPSA) is 12.4 Å². The van der Waals surface area contributed by atoms with Gasteiger partial charge in [-0.1, -0.05) is 35.4 Å². The van der Waals surface area contributed by atoms with Crippen LogP contribution >= 0.6 is 0 Å². The van der Waals surface area contributed by atoms with Gasteiger partial charge in [0, 0.05) is 22.9 Å². The molecule has 0 N–H and O–H groups in total. The van der Waals surface area contributed by atoms with E-state index in [9.17, 15) is 13.2 Å². The molecule has 3 aromatic rings. The molecule has 0 aliphatic carbocycles. The summed E-state index contributed by atoms with van der Waals surface area (Å²) in [6, 6.07) is 15.8. The highest BCUT2D eigenvalue weighted by atomic mass is 19.4. The molecule has 4 rings (SSSR count). The van der Waals surface area contributed by atoms with Crippen molar-refractivity contribution in [2.75, 3.05) is 0 Å². The summed E-state index contributed by atoms with van der Waals surface area (Å²) in [5, 5.41) is 1.97. The third kappa shape index (κ3) is 3.12. The molecule has 26 heavy (non-hydrogen) atoms. The Morgan fingerprint density at radius 3 is 2.35 bits per heavy atom. The molecular weight excluding hydrogens is 335 g/mol. The first-order valence-corrected chi connectivity index (χ1v) is 8.60. The first-order chi connectivity index (χ1) is 12.3. The zero-order chi connectivity index (χ0) is 18.5. The minimum atomic E-state index is -4.15. The number of nitrogens with zero attached hydrogens (tertiary/aromatic N) is 1. The Morgan fingerprint density at radius 2 is 1.65 bits per heavy atom. The summed E-state index contributed by atoms with van der Waals surface area (Å²) < 4.78 is 38.0. The van der Waals surface area contributed by atoms with Crippen LogP contribution in [0.2, 0.25) is 0 Å². The quantitative estimate of drug-likeness (QED) is 0.402.